The lowest BCUT2D eigenvalue weighted by molar-refractivity contribution is 0.0438. The monoisotopic (exact) mass is 244 g/mol. The summed E-state index contributed by atoms with van der Waals surface area (Å²) in [7, 11) is 0. The zero-order valence-corrected chi connectivity index (χ0v) is 11.4. The van der Waals surface area contributed by atoms with Crippen molar-refractivity contribution in [1.29, 1.82) is 0 Å². The van der Waals surface area contributed by atoms with Gasteiger partial charge in [-0.25, -0.2) is 0 Å². The van der Waals surface area contributed by atoms with Gasteiger partial charge in [0, 0.05) is 0 Å². The van der Waals surface area contributed by atoms with Crippen LogP contribution in [0.25, 0.3) is 0 Å². The van der Waals surface area contributed by atoms with Crippen molar-refractivity contribution < 1.29 is 5.11 Å². The lowest BCUT2D eigenvalue weighted by Crippen LogP contribution is -2.22. The molecule has 1 N–H and O–H groups in total. The molecule has 0 radical (unpaired) electrons. The summed E-state index contributed by atoms with van der Waals surface area (Å²) in [5.41, 5.74) is 3.48. The van der Waals surface area contributed by atoms with Crippen molar-refractivity contribution in [2.45, 2.75) is 63.9 Å². The number of aliphatic hydroxyl groups is 1. The molecule has 0 heterocycles. The smallest absolute Gasteiger partial charge is 0.0868 e. The first-order valence-electron chi connectivity index (χ1n) is 7.50. The molecule has 98 valence electrons. The third kappa shape index (κ3) is 2.61. The van der Waals surface area contributed by atoms with E-state index in [0.29, 0.717) is 0 Å². The Morgan fingerprint density at radius 1 is 1.17 bits per heavy atom. The van der Waals surface area contributed by atoms with Crippen LogP contribution in [0, 0.1) is 5.92 Å². The van der Waals surface area contributed by atoms with Crippen LogP contribution < -0.4 is 0 Å². The average Bonchev–Trinajstić information content (AvgIpc) is 3.20. The topological polar surface area (TPSA) is 20.2 Å². The summed E-state index contributed by atoms with van der Waals surface area (Å²) in [6.45, 7) is 1.99. The molecule has 0 amide bonds. The van der Waals surface area contributed by atoms with E-state index in [-0.39, 0.29) is 0 Å². The fourth-order valence-electron chi connectivity index (χ4n) is 3.10. The van der Waals surface area contributed by atoms with Gasteiger partial charge in [0.25, 0.3) is 0 Å². The summed E-state index contributed by atoms with van der Waals surface area (Å²) in [6.07, 6.45) is 9.90. The van der Waals surface area contributed by atoms with Crippen LogP contribution in [0.15, 0.2) is 18.2 Å². The Balaban J connectivity index is 1.76. The highest BCUT2D eigenvalue weighted by Gasteiger charge is 2.29. The number of hydrogen-bond donors (Lipinski definition) is 1. The second-order valence-corrected chi connectivity index (χ2v) is 6.45. The minimum Gasteiger partial charge on any atom is -0.385 e. The fourth-order valence-corrected chi connectivity index (χ4v) is 3.10. The Morgan fingerprint density at radius 2 is 1.89 bits per heavy atom. The highest BCUT2D eigenvalue weighted by Crippen LogP contribution is 2.38. The number of aryl methyl sites for hydroxylation is 2. The molecule has 2 aliphatic carbocycles. The predicted molar refractivity (Wildman–Crippen MR) is 74.6 cm³/mol. The first kappa shape index (κ1) is 12.2. The molecule has 1 saturated carbocycles. The second kappa shape index (κ2) is 4.70. The molecule has 1 fully saturated rings. The van der Waals surface area contributed by atoms with Crippen LogP contribution in [-0.4, -0.2) is 5.11 Å². The molecular weight excluding hydrogens is 220 g/mol. The van der Waals surface area contributed by atoms with E-state index >= 15 is 0 Å². The molecule has 1 aromatic carbocycles. The number of fused-ring (bicyclic) bond motifs is 1. The normalized spacial score (nSPS) is 22.3. The maximum absolute atomic E-state index is 10.7. The summed E-state index contributed by atoms with van der Waals surface area (Å²) in [5, 5.41) is 10.7. The number of rotatable bonds is 4. The van der Waals surface area contributed by atoms with Gasteiger partial charge in [0.1, 0.15) is 0 Å². The maximum atomic E-state index is 10.7. The summed E-state index contributed by atoms with van der Waals surface area (Å²) >= 11 is 0. The third-order valence-electron chi connectivity index (χ3n) is 4.71. The van der Waals surface area contributed by atoms with Crippen LogP contribution in [0.1, 0.15) is 62.1 Å². The number of benzene rings is 1. The zero-order chi connectivity index (χ0) is 12.6. The first-order valence-corrected chi connectivity index (χ1v) is 7.50. The van der Waals surface area contributed by atoms with Gasteiger partial charge in [0.15, 0.2) is 0 Å². The molecule has 0 aliphatic heterocycles. The van der Waals surface area contributed by atoms with E-state index in [9.17, 15) is 5.11 Å². The lowest BCUT2D eigenvalue weighted by Gasteiger charge is -2.26. The molecule has 0 spiro atoms. The van der Waals surface area contributed by atoms with Crippen molar-refractivity contribution in [2.75, 3.05) is 0 Å². The Hall–Kier alpha value is -0.820. The van der Waals surface area contributed by atoms with Gasteiger partial charge in [0.05, 0.1) is 5.60 Å². The zero-order valence-electron chi connectivity index (χ0n) is 11.4. The Labute approximate surface area is 110 Å². The highest BCUT2D eigenvalue weighted by atomic mass is 16.3. The lowest BCUT2D eigenvalue weighted by atomic mass is 9.84. The molecule has 0 bridgehead atoms. The summed E-state index contributed by atoms with van der Waals surface area (Å²) in [5.74, 6) is 0.897. The average molecular weight is 244 g/mol. The first-order chi connectivity index (χ1) is 8.65. The standard InChI is InChI=1S/C17H24O/c1-17(18,11-10-13-6-7-13)16-9-8-14-4-2-3-5-15(14)12-16/h8-9,12-13,18H,2-7,10-11H2,1H3. The van der Waals surface area contributed by atoms with Crippen molar-refractivity contribution in [3.05, 3.63) is 34.9 Å². The molecule has 1 nitrogen and oxygen atoms in total. The quantitative estimate of drug-likeness (QED) is 0.850. The highest BCUT2D eigenvalue weighted by molar-refractivity contribution is 5.36. The van der Waals surface area contributed by atoms with Crippen LogP contribution in [0.4, 0.5) is 0 Å². The summed E-state index contributed by atoms with van der Waals surface area (Å²) in [6, 6.07) is 6.66. The largest absolute Gasteiger partial charge is 0.385 e. The van der Waals surface area contributed by atoms with Crippen LogP contribution >= 0.6 is 0 Å². The van der Waals surface area contributed by atoms with E-state index < -0.39 is 5.60 Å². The van der Waals surface area contributed by atoms with Crippen molar-refractivity contribution in [1.82, 2.24) is 0 Å². The minimum atomic E-state index is -0.630. The molecule has 1 aromatic rings. The van der Waals surface area contributed by atoms with Crippen molar-refractivity contribution in [3.63, 3.8) is 0 Å². The van der Waals surface area contributed by atoms with Gasteiger partial charge >= 0.3 is 0 Å². The van der Waals surface area contributed by atoms with Crippen LogP contribution in [0.5, 0.6) is 0 Å². The van der Waals surface area contributed by atoms with Crippen LogP contribution in [0.2, 0.25) is 0 Å². The summed E-state index contributed by atoms with van der Waals surface area (Å²) in [4.78, 5) is 0. The predicted octanol–water partition coefficient (Wildman–Crippen LogP) is 3.96. The van der Waals surface area contributed by atoms with Crippen LogP contribution in [-0.2, 0) is 18.4 Å². The van der Waals surface area contributed by atoms with E-state index in [1.54, 1.807) is 0 Å². The van der Waals surface area contributed by atoms with Gasteiger partial charge in [-0.15, -0.1) is 0 Å². The second-order valence-electron chi connectivity index (χ2n) is 6.45. The number of hydrogen-bond acceptors (Lipinski definition) is 1. The molecule has 1 unspecified atom stereocenters. The molecule has 18 heavy (non-hydrogen) atoms. The molecule has 2 aliphatic rings. The summed E-state index contributed by atoms with van der Waals surface area (Å²) < 4.78 is 0. The van der Waals surface area contributed by atoms with E-state index in [1.807, 2.05) is 6.92 Å². The van der Waals surface area contributed by atoms with E-state index in [1.165, 1.54) is 56.1 Å². The SMILES string of the molecule is CC(O)(CCC1CC1)c1ccc2c(c1)CCCC2. The molecule has 0 saturated heterocycles. The van der Waals surface area contributed by atoms with Gasteiger partial charge in [0.2, 0.25) is 0 Å². The Bertz CT molecular complexity index is 429. The molecule has 3 rings (SSSR count). The Kier molecular flexibility index (Phi) is 3.19. The van der Waals surface area contributed by atoms with Gasteiger partial charge in [-0.2, -0.15) is 0 Å². The van der Waals surface area contributed by atoms with E-state index in [2.05, 4.69) is 18.2 Å². The molecule has 1 heteroatoms. The van der Waals surface area contributed by atoms with E-state index in [0.717, 1.165) is 17.9 Å². The molecule has 0 aromatic heterocycles. The van der Waals surface area contributed by atoms with Gasteiger partial charge in [-0.05, 0) is 68.1 Å². The third-order valence-corrected chi connectivity index (χ3v) is 4.71. The van der Waals surface area contributed by atoms with Gasteiger partial charge < -0.3 is 5.11 Å². The maximum Gasteiger partial charge on any atom is 0.0868 e. The fraction of sp³-hybridized carbons (Fsp3) is 0.647. The van der Waals surface area contributed by atoms with Crippen molar-refractivity contribution in [2.24, 2.45) is 5.92 Å². The minimum absolute atomic E-state index is 0.630. The van der Waals surface area contributed by atoms with Crippen molar-refractivity contribution in [3.8, 4) is 0 Å². The molecule has 1 atom stereocenters. The van der Waals surface area contributed by atoms with Crippen molar-refractivity contribution >= 4 is 0 Å². The van der Waals surface area contributed by atoms with Gasteiger partial charge in [-0.1, -0.05) is 31.0 Å². The molecular formula is C17H24O. The van der Waals surface area contributed by atoms with E-state index in [4.69, 9.17) is 0 Å². The van der Waals surface area contributed by atoms with Gasteiger partial charge in [-0.3, -0.25) is 0 Å². The Morgan fingerprint density at radius 3 is 2.61 bits per heavy atom. The van der Waals surface area contributed by atoms with Crippen LogP contribution in [0.3, 0.4) is 0 Å².